The molecule has 140 valence electrons. The number of rotatable bonds is 6. The summed E-state index contributed by atoms with van der Waals surface area (Å²) in [6.45, 7) is 0.119. The Hall–Kier alpha value is -2.09. The monoisotopic (exact) mass is 466 g/mol. The molecule has 27 heavy (non-hydrogen) atoms. The van der Waals surface area contributed by atoms with E-state index < -0.39 is 10.0 Å². The number of ether oxygens (including phenoxy) is 1. The van der Waals surface area contributed by atoms with Gasteiger partial charge in [0.25, 0.3) is 10.0 Å². The molecule has 0 saturated heterocycles. The minimum absolute atomic E-state index is 0.0678. The molecule has 0 atom stereocenters. The summed E-state index contributed by atoms with van der Waals surface area (Å²) in [5.41, 5.74) is 1.25. The zero-order chi connectivity index (χ0) is 19.4. The van der Waals surface area contributed by atoms with Crippen molar-refractivity contribution in [3.63, 3.8) is 0 Å². The summed E-state index contributed by atoms with van der Waals surface area (Å²) in [5.74, 6) is 0.267. The van der Waals surface area contributed by atoms with Gasteiger partial charge in [-0.1, -0.05) is 33.6 Å². The van der Waals surface area contributed by atoms with Gasteiger partial charge in [-0.3, -0.25) is 9.29 Å². The Morgan fingerprint density at radius 3 is 2.52 bits per heavy atom. The summed E-state index contributed by atoms with van der Waals surface area (Å²) in [6.07, 6.45) is 3.28. The lowest BCUT2D eigenvalue weighted by Gasteiger charge is -2.25. The maximum absolute atomic E-state index is 13.5. The Bertz CT molecular complexity index is 1030. The van der Waals surface area contributed by atoms with Crippen LogP contribution in [-0.2, 0) is 16.6 Å². The van der Waals surface area contributed by atoms with Crippen molar-refractivity contribution in [1.29, 1.82) is 0 Å². The van der Waals surface area contributed by atoms with Crippen LogP contribution in [-0.4, -0.2) is 20.5 Å². The Morgan fingerprint density at radius 1 is 1.15 bits per heavy atom. The third-order valence-electron chi connectivity index (χ3n) is 3.86. The van der Waals surface area contributed by atoms with Crippen LogP contribution in [0.1, 0.15) is 5.56 Å². The van der Waals surface area contributed by atoms with Crippen LogP contribution >= 0.6 is 27.5 Å². The Kier molecular flexibility index (Phi) is 6.04. The first-order chi connectivity index (χ1) is 12.9. The highest BCUT2D eigenvalue weighted by Gasteiger charge is 2.29. The van der Waals surface area contributed by atoms with Gasteiger partial charge in [-0.2, -0.15) is 0 Å². The lowest BCUT2D eigenvalue weighted by molar-refractivity contribution is 0.402. The predicted molar refractivity (Wildman–Crippen MR) is 110 cm³/mol. The molecule has 3 rings (SSSR count). The van der Waals surface area contributed by atoms with Gasteiger partial charge in [0.15, 0.2) is 0 Å². The van der Waals surface area contributed by atoms with Gasteiger partial charge in [0.2, 0.25) is 0 Å². The van der Waals surface area contributed by atoms with E-state index in [0.717, 1.165) is 5.56 Å². The minimum Gasteiger partial charge on any atom is -0.495 e. The van der Waals surface area contributed by atoms with E-state index in [2.05, 4.69) is 20.9 Å². The maximum atomic E-state index is 13.5. The van der Waals surface area contributed by atoms with Crippen molar-refractivity contribution in [2.24, 2.45) is 0 Å². The molecule has 0 amide bonds. The summed E-state index contributed by atoms with van der Waals surface area (Å²) >= 11 is 9.31. The topological polar surface area (TPSA) is 59.5 Å². The molecule has 0 unspecified atom stereocenters. The second kappa shape index (κ2) is 8.29. The fourth-order valence-corrected chi connectivity index (χ4v) is 4.83. The zero-order valence-electron chi connectivity index (χ0n) is 14.3. The predicted octanol–water partition coefficient (Wildman–Crippen LogP) is 4.90. The Labute approximate surface area is 171 Å². The van der Waals surface area contributed by atoms with Gasteiger partial charge in [-0.25, -0.2) is 8.42 Å². The molecule has 0 fully saturated rings. The van der Waals surface area contributed by atoms with Crippen LogP contribution in [0.25, 0.3) is 0 Å². The molecule has 1 heterocycles. The molecule has 2 aromatic carbocycles. The number of methoxy groups -OCH3 is 1. The fourth-order valence-electron chi connectivity index (χ4n) is 2.55. The van der Waals surface area contributed by atoms with E-state index in [-0.39, 0.29) is 17.2 Å². The highest BCUT2D eigenvalue weighted by atomic mass is 79.9. The zero-order valence-corrected chi connectivity index (χ0v) is 17.5. The fraction of sp³-hybridized carbons (Fsp3) is 0.105. The van der Waals surface area contributed by atoms with Crippen molar-refractivity contribution in [2.75, 3.05) is 11.4 Å². The third-order valence-corrected chi connectivity index (χ3v) is 6.40. The molecule has 0 N–H and O–H groups in total. The number of hydrogen-bond donors (Lipinski definition) is 0. The normalized spacial score (nSPS) is 11.2. The number of benzene rings is 2. The van der Waals surface area contributed by atoms with Crippen LogP contribution in [0.2, 0.25) is 5.02 Å². The molecule has 3 aromatic rings. The van der Waals surface area contributed by atoms with Gasteiger partial charge in [-0.15, -0.1) is 0 Å². The van der Waals surface area contributed by atoms with E-state index in [1.165, 1.54) is 17.5 Å². The molecule has 0 radical (unpaired) electrons. The molecule has 0 bridgehead atoms. The first-order valence-corrected chi connectivity index (χ1v) is 10.5. The standard InChI is InChI=1S/C19H16BrClN2O3S/c1-26-18-9-4-15(20)11-19(18)27(24,25)23(13-14-3-2-10-22-12-14)17-7-5-16(21)6-8-17/h2-12H,13H2,1H3. The van der Waals surface area contributed by atoms with Gasteiger partial charge in [0.05, 0.1) is 19.3 Å². The average Bonchev–Trinajstić information content (AvgIpc) is 2.67. The average molecular weight is 468 g/mol. The Balaban J connectivity index is 2.14. The van der Waals surface area contributed by atoms with Crippen molar-refractivity contribution in [2.45, 2.75) is 11.4 Å². The third kappa shape index (κ3) is 4.43. The molecule has 0 aliphatic carbocycles. The first kappa shape index (κ1) is 19.7. The number of halogens is 2. The Morgan fingerprint density at radius 2 is 1.89 bits per heavy atom. The number of pyridine rings is 1. The van der Waals surface area contributed by atoms with Crippen LogP contribution in [0.15, 0.2) is 76.4 Å². The molecule has 1 aromatic heterocycles. The number of sulfonamides is 1. The van der Waals surface area contributed by atoms with Gasteiger partial charge in [-0.05, 0) is 54.1 Å². The molecule has 8 heteroatoms. The largest absolute Gasteiger partial charge is 0.495 e. The molecule has 5 nitrogen and oxygen atoms in total. The minimum atomic E-state index is -3.92. The van der Waals surface area contributed by atoms with E-state index in [0.29, 0.717) is 15.2 Å². The summed E-state index contributed by atoms with van der Waals surface area (Å²) in [7, 11) is -2.48. The van der Waals surface area contributed by atoms with E-state index in [4.69, 9.17) is 16.3 Å². The molecule has 0 spiro atoms. The van der Waals surface area contributed by atoms with E-state index >= 15 is 0 Å². The van der Waals surface area contributed by atoms with Crippen LogP contribution in [0.3, 0.4) is 0 Å². The second-order valence-corrected chi connectivity index (χ2v) is 8.83. The number of nitrogens with zero attached hydrogens (tertiary/aromatic N) is 2. The lowest BCUT2D eigenvalue weighted by Crippen LogP contribution is -2.31. The highest BCUT2D eigenvalue weighted by molar-refractivity contribution is 9.10. The smallest absolute Gasteiger partial charge is 0.268 e. The summed E-state index contributed by atoms with van der Waals surface area (Å²) in [4.78, 5) is 4.14. The second-order valence-electron chi connectivity index (χ2n) is 5.64. The van der Waals surface area contributed by atoms with Crippen molar-refractivity contribution in [1.82, 2.24) is 4.98 Å². The quantitative estimate of drug-likeness (QED) is 0.517. The van der Waals surface area contributed by atoms with Gasteiger partial charge >= 0.3 is 0 Å². The van der Waals surface area contributed by atoms with E-state index in [1.807, 2.05) is 6.07 Å². The molecule has 0 aliphatic heterocycles. The van der Waals surface area contributed by atoms with Crippen LogP contribution in [0, 0.1) is 0 Å². The molecule has 0 saturated carbocycles. The summed E-state index contributed by atoms with van der Waals surface area (Å²) in [6, 6.07) is 15.1. The molecular formula is C19H16BrClN2O3S. The van der Waals surface area contributed by atoms with Crippen molar-refractivity contribution < 1.29 is 13.2 Å². The number of aromatic nitrogens is 1. The first-order valence-electron chi connectivity index (χ1n) is 7.92. The van der Waals surface area contributed by atoms with Crippen LogP contribution < -0.4 is 9.04 Å². The maximum Gasteiger partial charge on any atom is 0.268 e. The highest BCUT2D eigenvalue weighted by Crippen LogP contribution is 2.33. The van der Waals surface area contributed by atoms with E-state index in [9.17, 15) is 8.42 Å². The van der Waals surface area contributed by atoms with Crippen molar-refractivity contribution in [3.8, 4) is 5.75 Å². The van der Waals surface area contributed by atoms with Crippen LogP contribution in [0.5, 0.6) is 5.75 Å². The van der Waals surface area contributed by atoms with Gasteiger partial charge in [0, 0.05) is 21.9 Å². The lowest BCUT2D eigenvalue weighted by atomic mass is 10.2. The molecule has 0 aliphatic rings. The molecular weight excluding hydrogens is 452 g/mol. The van der Waals surface area contributed by atoms with Gasteiger partial charge in [0.1, 0.15) is 10.6 Å². The van der Waals surface area contributed by atoms with Gasteiger partial charge < -0.3 is 4.74 Å². The van der Waals surface area contributed by atoms with Crippen LogP contribution in [0.4, 0.5) is 5.69 Å². The van der Waals surface area contributed by atoms with Crippen molar-refractivity contribution >= 4 is 43.2 Å². The number of anilines is 1. The number of hydrogen-bond acceptors (Lipinski definition) is 4. The van der Waals surface area contributed by atoms with E-state index in [1.54, 1.807) is 54.9 Å². The SMILES string of the molecule is COc1ccc(Br)cc1S(=O)(=O)N(Cc1cccnc1)c1ccc(Cl)cc1. The van der Waals surface area contributed by atoms with Crippen molar-refractivity contribution in [3.05, 3.63) is 82.0 Å². The summed E-state index contributed by atoms with van der Waals surface area (Å²) < 4.78 is 34.3. The summed E-state index contributed by atoms with van der Waals surface area (Å²) in [5, 5.41) is 0.525.